The maximum Gasteiger partial charge on any atom is 0.222 e. The molecular formula is C20H16N4O2S. The molecule has 0 aliphatic carbocycles. The van der Waals surface area contributed by atoms with E-state index in [1.807, 2.05) is 36.4 Å². The quantitative estimate of drug-likeness (QED) is 0.567. The SMILES string of the molecule is Nc1nc(N)c2cc(S(=O)(=O)c3cccc(-c4ccccc4)c3)ccc2n1. The maximum atomic E-state index is 13.1. The molecule has 0 aliphatic heterocycles. The zero-order valence-electron chi connectivity index (χ0n) is 14.2. The van der Waals surface area contributed by atoms with E-state index in [1.165, 1.54) is 12.1 Å². The van der Waals surface area contributed by atoms with Gasteiger partial charge in [-0.15, -0.1) is 0 Å². The summed E-state index contributed by atoms with van der Waals surface area (Å²) in [7, 11) is -3.73. The van der Waals surface area contributed by atoms with E-state index in [-0.39, 0.29) is 21.6 Å². The minimum atomic E-state index is -3.73. The minimum absolute atomic E-state index is 0.0474. The van der Waals surface area contributed by atoms with Crippen LogP contribution in [-0.2, 0) is 9.84 Å². The van der Waals surface area contributed by atoms with Crippen molar-refractivity contribution in [1.29, 1.82) is 0 Å². The lowest BCUT2D eigenvalue weighted by atomic mass is 10.1. The van der Waals surface area contributed by atoms with Gasteiger partial charge in [-0.3, -0.25) is 0 Å². The minimum Gasteiger partial charge on any atom is -0.383 e. The van der Waals surface area contributed by atoms with Gasteiger partial charge in [0.15, 0.2) is 0 Å². The highest BCUT2D eigenvalue weighted by atomic mass is 32.2. The molecule has 134 valence electrons. The summed E-state index contributed by atoms with van der Waals surface area (Å²) in [5.41, 5.74) is 13.7. The van der Waals surface area contributed by atoms with Gasteiger partial charge in [0.1, 0.15) is 5.82 Å². The van der Waals surface area contributed by atoms with Crippen LogP contribution in [0.25, 0.3) is 22.0 Å². The average Bonchev–Trinajstić information content (AvgIpc) is 2.68. The van der Waals surface area contributed by atoms with Crippen molar-refractivity contribution >= 4 is 32.5 Å². The lowest BCUT2D eigenvalue weighted by Gasteiger charge is -2.09. The van der Waals surface area contributed by atoms with Crippen LogP contribution in [0, 0.1) is 0 Å². The van der Waals surface area contributed by atoms with Gasteiger partial charge in [0.05, 0.1) is 15.3 Å². The summed E-state index contributed by atoms with van der Waals surface area (Å²) >= 11 is 0. The Bertz CT molecular complexity index is 1260. The molecule has 0 bridgehead atoms. The third-order valence-electron chi connectivity index (χ3n) is 4.28. The Morgan fingerprint density at radius 3 is 2.19 bits per heavy atom. The fourth-order valence-corrected chi connectivity index (χ4v) is 4.26. The largest absolute Gasteiger partial charge is 0.383 e. The van der Waals surface area contributed by atoms with Crippen molar-refractivity contribution in [2.45, 2.75) is 9.79 Å². The number of nitrogen functional groups attached to an aromatic ring is 2. The van der Waals surface area contributed by atoms with Gasteiger partial charge in [0.2, 0.25) is 15.8 Å². The van der Waals surface area contributed by atoms with Crippen molar-refractivity contribution < 1.29 is 8.42 Å². The first-order valence-corrected chi connectivity index (χ1v) is 9.67. The lowest BCUT2D eigenvalue weighted by Crippen LogP contribution is -2.04. The first-order valence-electron chi connectivity index (χ1n) is 8.18. The first-order chi connectivity index (χ1) is 12.9. The maximum absolute atomic E-state index is 13.1. The number of hydrogen-bond acceptors (Lipinski definition) is 6. The predicted molar refractivity (Wildman–Crippen MR) is 106 cm³/mol. The van der Waals surface area contributed by atoms with Crippen LogP contribution in [0.3, 0.4) is 0 Å². The number of hydrogen-bond donors (Lipinski definition) is 2. The van der Waals surface area contributed by atoms with Crippen LogP contribution in [0.2, 0.25) is 0 Å². The van der Waals surface area contributed by atoms with E-state index >= 15 is 0 Å². The van der Waals surface area contributed by atoms with Gasteiger partial charge in [-0.1, -0.05) is 42.5 Å². The zero-order chi connectivity index (χ0) is 19.0. The van der Waals surface area contributed by atoms with Crippen LogP contribution in [0.4, 0.5) is 11.8 Å². The Morgan fingerprint density at radius 1 is 0.704 bits per heavy atom. The van der Waals surface area contributed by atoms with Crippen LogP contribution in [0.5, 0.6) is 0 Å². The molecule has 0 fully saturated rings. The van der Waals surface area contributed by atoms with Gasteiger partial charge < -0.3 is 11.5 Å². The standard InChI is InChI=1S/C20H16N4O2S/c21-19-17-12-16(9-10-18(17)23-20(22)24-19)27(25,26)15-8-4-7-14(11-15)13-5-2-1-3-6-13/h1-12H,(H4,21,22,23,24). The Kier molecular flexibility index (Phi) is 4.01. The van der Waals surface area contributed by atoms with E-state index in [0.717, 1.165) is 11.1 Å². The van der Waals surface area contributed by atoms with Gasteiger partial charge in [-0.25, -0.2) is 13.4 Å². The number of nitrogens with two attached hydrogens (primary N) is 2. The van der Waals surface area contributed by atoms with E-state index in [9.17, 15) is 8.42 Å². The van der Waals surface area contributed by atoms with Crippen LogP contribution in [-0.4, -0.2) is 18.4 Å². The smallest absolute Gasteiger partial charge is 0.222 e. The topological polar surface area (TPSA) is 112 Å². The fourth-order valence-electron chi connectivity index (χ4n) is 2.93. The van der Waals surface area contributed by atoms with Crippen molar-refractivity contribution in [1.82, 2.24) is 9.97 Å². The molecule has 7 heteroatoms. The Balaban J connectivity index is 1.83. The van der Waals surface area contributed by atoms with Gasteiger partial charge in [-0.05, 0) is 41.5 Å². The summed E-state index contributed by atoms with van der Waals surface area (Å²) in [5, 5.41) is 0.449. The molecule has 0 saturated carbocycles. The molecule has 0 atom stereocenters. The van der Waals surface area contributed by atoms with Crippen LogP contribution < -0.4 is 11.5 Å². The summed E-state index contributed by atoms with van der Waals surface area (Å²) < 4.78 is 26.3. The summed E-state index contributed by atoms with van der Waals surface area (Å²) in [6.45, 7) is 0. The number of sulfone groups is 1. The van der Waals surface area contributed by atoms with Gasteiger partial charge in [-0.2, -0.15) is 4.98 Å². The van der Waals surface area contributed by atoms with Crippen LogP contribution >= 0.6 is 0 Å². The van der Waals surface area contributed by atoms with Crippen molar-refractivity contribution in [3.05, 3.63) is 72.8 Å². The van der Waals surface area contributed by atoms with Crippen molar-refractivity contribution in [3.63, 3.8) is 0 Å². The van der Waals surface area contributed by atoms with E-state index in [0.29, 0.717) is 10.9 Å². The lowest BCUT2D eigenvalue weighted by molar-refractivity contribution is 0.596. The molecule has 4 N–H and O–H groups in total. The zero-order valence-corrected chi connectivity index (χ0v) is 15.0. The van der Waals surface area contributed by atoms with E-state index < -0.39 is 9.84 Å². The van der Waals surface area contributed by atoms with Crippen molar-refractivity contribution in [2.24, 2.45) is 0 Å². The highest BCUT2D eigenvalue weighted by Gasteiger charge is 2.19. The van der Waals surface area contributed by atoms with Crippen molar-refractivity contribution in [2.75, 3.05) is 11.5 Å². The second-order valence-corrected chi connectivity index (χ2v) is 7.99. The van der Waals surface area contributed by atoms with E-state index in [2.05, 4.69) is 9.97 Å². The second-order valence-electron chi connectivity index (χ2n) is 6.04. The molecule has 1 heterocycles. The second kappa shape index (κ2) is 6.37. The fraction of sp³-hybridized carbons (Fsp3) is 0. The third-order valence-corrected chi connectivity index (χ3v) is 6.02. The molecule has 0 spiro atoms. The molecule has 0 aliphatic rings. The van der Waals surface area contributed by atoms with Gasteiger partial charge in [0.25, 0.3) is 0 Å². The van der Waals surface area contributed by atoms with Gasteiger partial charge >= 0.3 is 0 Å². The van der Waals surface area contributed by atoms with Crippen LogP contribution in [0.15, 0.2) is 82.6 Å². The molecular weight excluding hydrogens is 360 g/mol. The molecule has 3 aromatic carbocycles. The summed E-state index contributed by atoms with van der Waals surface area (Å²) in [5.74, 6) is 0.193. The Labute approximate surface area is 156 Å². The molecule has 27 heavy (non-hydrogen) atoms. The summed E-state index contributed by atoms with van der Waals surface area (Å²) in [6, 6.07) is 21.0. The molecule has 0 radical (unpaired) electrons. The Hall–Kier alpha value is -3.45. The monoisotopic (exact) mass is 376 g/mol. The molecule has 4 aromatic rings. The van der Waals surface area contributed by atoms with Crippen molar-refractivity contribution in [3.8, 4) is 11.1 Å². The summed E-state index contributed by atoms with van der Waals surface area (Å²) in [6.07, 6.45) is 0. The van der Waals surface area contributed by atoms with Gasteiger partial charge in [0, 0.05) is 5.39 Å². The molecule has 0 saturated heterocycles. The average molecular weight is 376 g/mol. The molecule has 4 rings (SSSR count). The number of anilines is 2. The van der Waals surface area contributed by atoms with E-state index in [4.69, 9.17) is 11.5 Å². The summed E-state index contributed by atoms with van der Waals surface area (Å²) in [4.78, 5) is 8.31. The molecule has 1 aromatic heterocycles. The number of rotatable bonds is 3. The van der Waals surface area contributed by atoms with Crippen LogP contribution in [0.1, 0.15) is 0 Å². The molecule has 6 nitrogen and oxygen atoms in total. The third kappa shape index (κ3) is 3.09. The molecule has 0 amide bonds. The highest BCUT2D eigenvalue weighted by molar-refractivity contribution is 7.91. The Morgan fingerprint density at radius 2 is 1.41 bits per heavy atom. The number of aromatic nitrogens is 2. The predicted octanol–water partition coefficient (Wildman–Crippen LogP) is 3.29. The first kappa shape index (κ1) is 17.0. The molecule has 0 unspecified atom stereocenters. The number of fused-ring (bicyclic) bond motifs is 1. The number of nitrogens with zero attached hydrogens (tertiary/aromatic N) is 2. The highest BCUT2D eigenvalue weighted by Crippen LogP contribution is 2.29. The van der Waals surface area contributed by atoms with E-state index in [1.54, 1.807) is 24.3 Å². The number of benzene rings is 3. The normalized spacial score (nSPS) is 11.6.